The first-order chi connectivity index (χ1) is 18.7. The second-order valence-corrected chi connectivity index (χ2v) is 13.3. The highest BCUT2D eigenvalue weighted by molar-refractivity contribution is 7.99. The van der Waals surface area contributed by atoms with Crippen LogP contribution in [-0.2, 0) is 9.59 Å². The minimum atomic E-state index is 0.0574. The number of amides is 2. The predicted molar refractivity (Wildman–Crippen MR) is 169 cm³/mol. The maximum Gasteiger partial charge on any atom is 0.229 e. The average molecular weight is 552 g/mol. The minimum absolute atomic E-state index is 0.0574. The van der Waals surface area contributed by atoms with E-state index in [-0.39, 0.29) is 11.8 Å². The first-order valence-corrected chi connectivity index (χ1v) is 18.2. The van der Waals surface area contributed by atoms with E-state index in [1.807, 2.05) is 0 Å². The predicted octanol–water partition coefficient (Wildman–Crippen LogP) is 11.0. The molecule has 2 amide bonds. The summed E-state index contributed by atoms with van der Waals surface area (Å²) < 4.78 is 0. The monoisotopic (exact) mass is 551 g/mol. The van der Waals surface area contributed by atoms with Crippen molar-refractivity contribution in [3.8, 4) is 0 Å². The van der Waals surface area contributed by atoms with Crippen LogP contribution in [0.15, 0.2) is 0 Å². The van der Waals surface area contributed by atoms with Gasteiger partial charge < -0.3 is 0 Å². The Kier molecular flexibility index (Phi) is 25.0. The lowest BCUT2D eigenvalue weighted by Gasteiger charge is -2.18. The van der Waals surface area contributed by atoms with Crippen LogP contribution in [0.4, 0.5) is 0 Å². The molecule has 1 heterocycles. The Bertz CT molecular complexity index is 535. The first-order valence-electron chi connectivity index (χ1n) is 17.1. The van der Waals surface area contributed by atoms with Crippen molar-refractivity contribution in [2.24, 2.45) is 0 Å². The lowest BCUT2D eigenvalue weighted by atomic mass is 10.0. The van der Waals surface area contributed by atoms with Crippen molar-refractivity contribution in [2.75, 3.05) is 12.3 Å². The fraction of sp³-hybridized carbons (Fsp3) is 0.941. The molecule has 0 aromatic heterocycles. The van der Waals surface area contributed by atoms with E-state index in [9.17, 15) is 9.59 Å². The summed E-state index contributed by atoms with van der Waals surface area (Å²) >= 11 is 2.29. The van der Waals surface area contributed by atoms with Crippen molar-refractivity contribution in [2.45, 2.75) is 192 Å². The molecule has 1 aliphatic rings. The molecule has 38 heavy (non-hydrogen) atoms. The fourth-order valence-electron chi connectivity index (χ4n) is 5.69. The molecular weight excluding hydrogens is 486 g/mol. The third-order valence-corrected chi connectivity index (χ3v) is 9.74. The van der Waals surface area contributed by atoms with E-state index in [1.165, 1.54) is 145 Å². The largest absolute Gasteiger partial charge is 0.283 e. The normalized spacial score (nSPS) is 15.3. The standard InChI is InChI=1S/C34H65NO2S/c1-3-5-7-9-13-17-21-27-32(26-20-16-10-8-6-4-2)38-31-25-19-15-12-11-14-18-24-30-35-33(36)28-22-23-29-34(35)37/h32H,3-31H2,1-2H3. The highest BCUT2D eigenvalue weighted by Crippen LogP contribution is 2.26. The maximum atomic E-state index is 12.1. The highest BCUT2D eigenvalue weighted by atomic mass is 32.2. The van der Waals surface area contributed by atoms with Crippen LogP contribution in [0.1, 0.15) is 187 Å². The molecule has 0 spiro atoms. The Hall–Kier alpha value is -0.510. The quantitative estimate of drug-likeness (QED) is 0.0752. The molecule has 1 rings (SSSR count). The van der Waals surface area contributed by atoms with Crippen molar-refractivity contribution >= 4 is 23.6 Å². The summed E-state index contributed by atoms with van der Waals surface area (Å²) in [5, 5.41) is 0.903. The van der Waals surface area contributed by atoms with Crippen molar-refractivity contribution in [1.29, 1.82) is 0 Å². The van der Waals surface area contributed by atoms with E-state index >= 15 is 0 Å². The Balaban J connectivity index is 2.05. The number of rotatable bonds is 27. The SMILES string of the molecule is CCCCCCCCCC(CCCCCCCC)SCCCCCCCCCCN1C(=O)CCCCC1=O. The Labute approximate surface area is 242 Å². The van der Waals surface area contributed by atoms with Gasteiger partial charge in [-0.3, -0.25) is 14.5 Å². The molecule has 0 bridgehead atoms. The van der Waals surface area contributed by atoms with E-state index in [2.05, 4.69) is 25.6 Å². The van der Waals surface area contributed by atoms with E-state index in [0.717, 1.165) is 30.9 Å². The molecule has 1 unspecified atom stereocenters. The topological polar surface area (TPSA) is 37.4 Å². The zero-order valence-corrected chi connectivity index (χ0v) is 26.6. The number of likely N-dealkylation sites (tertiary alicyclic amines) is 1. The summed E-state index contributed by atoms with van der Waals surface area (Å²) in [5.41, 5.74) is 0. The van der Waals surface area contributed by atoms with Gasteiger partial charge in [0.15, 0.2) is 0 Å². The van der Waals surface area contributed by atoms with Crippen molar-refractivity contribution in [3.63, 3.8) is 0 Å². The average Bonchev–Trinajstić information content (AvgIpc) is 3.07. The Morgan fingerprint density at radius 2 is 0.947 bits per heavy atom. The second kappa shape index (κ2) is 26.7. The van der Waals surface area contributed by atoms with Crippen molar-refractivity contribution in [3.05, 3.63) is 0 Å². The number of carbonyl (C=O) groups is 2. The van der Waals surface area contributed by atoms with Gasteiger partial charge >= 0.3 is 0 Å². The molecule has 0 radical (unpaired) electrons. The van der Waals surface area contributed by atoms with Gasteiger partial charge in [-0.15, -0.1) is 0 Å². The molecule has 0 aromatic carbocycles. The van der Waals surface area contributed by atoms with Gasteiger partial charge in [0.05, 0.1) is 0 Å². The van der Waals surface area contributed by atoms with Gasteiger partial charge in [0.2, 0.25) is 11.8 Å². The number of hydrogen-bond acceptors (Lipinski definition) is 3. The fourth-order valence-corrected chi connectivity index (χ4v) is 7.06. The highest BCUT2D eigenvalue weighted by Gasteiger charge is 2.23. The van der Waals surface area contributed by atoms with Crippen LogP contribution in [-0.4, -0.2) is 34.3 Å². The van der Waals surface area contributed by atoms with Gasteiger partial charge in [0.1, 0.15) is 0 Å². The first kappa shape index (κ1) is 35.5. The van der Waals surface area contributed by atoms with Crippen LogP contribution in [0.3, 0.4) is 0 Å². The molecule has 1 fully saturated rings. The van der Waals surface area contributed by atoms with Gasteiger partial charge in [-0.2, -0.15) is 11.8 Å². The zero-order chi connectivity index (χ0) is 27.5. The van der Waals surface area contributed by atoms with Gasteiger partial charge in [-0.05, 0) is 44.3 Å². The maximum absolute atomic E-state index is 12.1. The number of hydrogen-bond donors (Lipinski definition) is 0. The molecule has 0 saturated carbocycles. The van der Waals surface area contributed by atoms with Crippen LogP contribution < -0.4 is 0 Å². The van der Waals surface area contributed by atoms with Crippen LogP contribution >= 0.6 is 11.8 Å². The number of unbranched alkanes of at least 4 members (excludes halogenated alkanes) is 18. The molecule has 4 heteroatoms. The second-order valence-electron chi connectivity index (χ2n) is 11.9. The lowest BCUT2D eigenvalue weighted by molar-refractivity contribution is -0.143. The number of imide groups is 1. The summed E-state index contributed by atoms with van der Waals surface area (Å²) in [6.07, 6.45) is 34.4. The van der Waals surface area contributed by atoms with Gasteiger partial charge in [0.25, 0.3) is 0 Å². The van der Waals surface area contributed by atoms with Gasteiger partial charge in [-0.25, -0.2) is 0 Å². The zero-order valence-electron chi connectivity index (χ0n) is 25.8. The van der Waals surface area contributed by atoms with E-state index < -0.39 is 0 Å². The number of carbonyl (C=O) groups excluding carboxylic acids is 2. The Morgan fingerprint density at radius 3 is 1.42 bits per heavy atom. The molecule has 1 atom stereocenters. The third-order valence-electron chi connectivity index (χ3n) is 8.27. The van der Waals surface area contributed by atoms with Crippen LogP contribution in [0.25, 0.3) is 0 Å². The summed E-state index contributed by atoms with van der Waals surface area (Å²) in [5.74, 6) is 1.47. The van der Waals surface area contributed by atoms with Crippen molar-refractivity contribution in [1.82, 2.24) is 4.90 Å². The minimum Gasteiger partial charge on any atom is -0.283 e. The van der Waals surface area contributed by atoms with E-state index in [4.69, 9.17) is 0 Å². The number of thioether (sulfide) groups is 1. The summed E-state index contributed by atoms with van der Waals surface area (Å²) in [6.45, 7) is 5.26. The number of nitrogens with zero attached hydrogens (tertiary/aromatic N) is 1. The molecule has 0 N–H and O–H groups in total. The molecule has 3 nitrogen and oxygen atoms in total. The van der Waals surface area contributed by atoms with Crippen molar-refractivity contribution < 1.29 is 9.59 Å². The van der Waals surface area contributed by atoms with E-state index in [0.29, 0.717) is 19.4 Å². The molecular formula is C34H65NO2S. The summed E-state index contributed by atoms with van der Waals surface area (Å²) in [6, 6.07) is 0. The molecule has 1 aliphatic heterocycles. The molecule has 224 valence electrons. The summed E-state index contributed by atoms with van der Waals surface area (Å²) in [4.78, 5) is 25.7. The molecule has 0 aliphatic carbocycles. The van der Waals surface area contributed by atoms with Crippen LogP contribution in [0, 0.1) is 0 Å². The molecule has 0 aromatic rings. The lowest BCUT2D eigenvalue weighted by Crippen LogP contribution is -2.35. The smallest absolute Gasteiger partial charge is 0.229 e. The third kappa shape index (κ3) is 20.4. The van der Waals surface area contributed by atoms with E-state index in [1.54, 1.807) is 0 Å². The Morgan fingerprint density at radius 1 is 0.553 bits per heavy atom. The van der Waals surface area contributed by atoms with Gasteiger partial charge in [0, 0.05) is 24.6 Å². The van der Waals surface area contributed by atoms with Crippen LogP contribution in [0.2, 0.25) is 0 Å². The van der Waals surface area contributed by atoms with Gasteiger partial charge in [-0.1, -0.05) is 136 Å². The van der Waals surface area contributed by atoms with Crippen LogP contribution in [0.5, 0.6) is 0 Å². The molecule has 1 saturated heterocycles. The summed E-state index contributed by atoms with van der Waals surface area (Å²) in [7, 11) is 0.